The Kier molecular flexibility index (Phi) is 4.38. The Balaban J connectivity index is 1.63. The number of aromatic amines is 1. The van der Waals surface area contributed by atoms with Crippen molar-refractivity contribution in [2.24, 2.45) is 0 Å². The third-order valence-electron chi connectivity index (χ3n) is 4.18. The van der Waals surface area contributed by atoms with E-state index in [1.54, 1.807) is 19.4 Å². The van der Waals surface area contributed by atoms with Crippen molar-refractivity contribution in [3.63, 3.8) is 0 Å². The number of H-pyrrole nitrogens is 1. The van der Waals surface area contributed by atoms with Gasteiger partial charge in [0.2, 0.25) is 0 Å². The lowest BCUT2D eigenvalue weighted by Crippen LogP contribution is -2.41. The van der Waals surface area contributed by atoms with Gasteiger partial charge in [-0.15, -0.1) is 8.78 Å². The molecule has 1 aliphatic rings. The number of nitrogens with zero attached hydrogens (tertiary/aromatic N) is 2. The first-order valence-corrected chi connectivity index (χ1v) is 8.97. The van der Waals surface area contributed by atoms with Crippen LogP contribution in [0, 0.1) is 6.92 Å². The van der Waals surface area contributed by atoms with Crippen molar-refractivity contribution < 1.29 is 31.8 Å². The minimum Gasteiger partial charge on any atom is -0.496 e. The molecule has 0 amide bonds. The second-order valence-corrected chi connectivity index (χ2v) is 6.93. The first kappa shape index (κ1) is 18.8. The summed E-state index contributed by atoms with van der Waals surface area (Å²) in [7, 11) is 1.56. The summed E-state index contributed by atoms with van der Waals surface area (Å²) in [5, 5.41) is 0.414. The van der Waals surface area contributed by atoms with E-state index in [1.807, 2.05) is 6.92 Å². The van der Waals surface area contributed by atoms with Crippen molar-refractivity contribution in [3.8, 4) is 11.5 Å². The zero-order valence-corrected chi connectivity index (χ0v) is 15.4. The van der Waals surface area contributed by atoms with E-state index in [0.717, 1.165) is 23.4 Å². The average Bonchev–Trinajstić information content (AvgIpc) is 2.99. The molecule has 148 valence electrons. The van der Waals surface area contributed by atoms with Crippen LogP contribution >= 0.6 is 11.8 Å². The smallest absolute Gasteiger partial charge is 0.496 e. The van der Waals surface area contributed by atoms with Crippen LogP contribution in [0.1, 0.15) is 16.8 Å². The summed E-state index contributed by atoms with van der Waals surface area (Å²) < 4.78 is 67.1. The summed E-state index contributed by atoms with van der Waals surface area (Å²) in [6, 6.07) is 3.77. The lowest BCUT2D eigenvalue weighted by atomic mass is 10.1. The van der Waals surface area contributed by atoms with E-state index in [0.29, 0.717) is 16.7 Å². The minimum absolute atomic E-state index is 0.213. The normalized spacial score (nSPS) is 17.2. The van der Waals surface area contributed by atoms with E-state index in [2.05, 4.69) is 24.4 Å². The summed E-state index contributed by atoms with van der Waals surface area (Å²) in [5.41, 5.74) is 1.30. The molecule has 6 nitrogen and oxygen atoms in total. The standard InChI is InChI=1S/C17H13F4N3O3S/c1-8-12(22-4-3-13(8)25-2)7-28-15-23-10-5-9-14(6-11(10)24-15)26-17(20,21)27-16(9,18)19/h3-6H,7H2,1-2H3,(H,23,24). The van der Waals surface area contributed by atoms with Gasteiger partial charge in [0, 0.05) is 23.6 Å². The molecule has 0 atom stereocenters. The van der Waals surface area contributed by atoms with Crippen molar-refractivity contribution in [2.45, 2.75) is 30.2 Å². The Morgan fingerprint density at radius 2 is 2.04 bits per heavy atom. The number of methoxy groups -OCH3 is 1. The predicted octanol–water partition coefficient (Wildman–Crippen LogP) is 4.58. The van der Waals surface area contributed by atoms with Gasteiger partial charge >= 0.3 is 12.4 Å². The highest BCUT2D eigenvalue weighted by Crippen LogP contribution is 2.47. The Hall–Kier alpha value is -2.53. The van der Waals surface area contributed by atoms with Gasteiger partial charge in [0.15, 0.2) is 5.16 Å². The van der Waals surface area contributed by atoms with Crippen LogP contribution in [0.4, 0.5) is 17.6 Å². The van der Waals surface area contributed by atoms with E-state index in [-0.39, 0.29) is 11.0 Å². The highest BCUT2D eigenvalue weighted by molar-refractivity contribution is 7.98. The van der Waals surface area contributed by atoms with Gasteiger partial charge in [-0.05, 0) is 19.1 Å². The van der Waals surface area contributed by atoms with Gasteiger partial charge < -0.3 is 14.5 Å². The number of thioether (sulfide) groups is 1. The van der Waals surface area contributed by atoms with Crippen molar-refractivity contribution in [1.29, 1.82) is 0 Å². The zero-order valence-electron chi connectivity index (χ0n) is 14.6. The second kappa shape index (κ2) is 6.52. The third-order valence-corrected chi connectivity index (χ3v) is 5.06. The number of imidazole rings is 1. The van der Waals surface area contributed by atoms with Gasteiger partial charge in [-0.2, -0.15) is 8.78 Å². The Bertz CT molecular complexity index is 1060. The quantitative estimate of drug-likeness (QED) is 0.497. The molecule has 4 rings (SSSR count). The SMILES string of the molecule is COc1ccnc(CSc2nc3cc4c(cc3[nH]2)C(F)(F)OC(F)(F)O4)c1C. The molecule has 0 radical (unpaired) electrons. The summed E-state index contributed by atoms with van der Waals surface area (Å²) in [4.78, 5) is 11.4. The molecule has 1 N–H and O–H groups in total. The Morgan fingerprint density at radius 3 is 2.79 bits per heavy atom. The maximum absolute atomic E-state index is 13.9. The first-order chi connectivity index (χ1) is 13.2. The zero-order chi connectivity index (χ0) is 20.1. The molecular weight excluding hydrogens is 402 g/mol. The number of benzene rings is 1. The van der Waals surface area contributed by atoms with Crippen LogP contribution in [0.2, 0.25) is 0 Å². The van der Waals surface area contributed by atoms with Crippen molar-refractivity contribution in [1.82, 2.24) is 15.0 Å². The molecule has 0 spiro atoms. The first-order valence-electron chi connectivity index (χ1n) is 7.99. The number of rotatable bonds is 4. The molecule has 1 aromatic carbocycles. The summed E-state index contributed by atoms with van der Waals surface area (Å²) in [5.74, 6) is 0.460. The lowest BCUT2D eigenvalue weighted by Gasteiger charge is -2.30. The monoisotopic (exact) mass is 415 g/mol. The number of fused-ring (bicyclic) bond motifs is 2. The van der Waals surface area contributed by atoms with Gasteiger partial charge in [0.1, 0.15) is 11.5 Å². The van der Waals surface area contributed by atoms with Crippen LogP contribution in [-0.4, -0.2) is 28.4 Å². The number of pyridine rings is 1. The number of halogens is 4. The molecule has 2 aromatic heterocycles. The van der Waals surface area contributed by atoms with Gasteiger partial charge in [0.05, 0.1) is 29.4 Å². The van der Waals surface area contributed by atoms with Gasteiger partial charge in [-0.25, -0.2) is 9.72 Å². The van der Waals surface area contributed by atoms with Crippen LogP contribution in [-0.2, 0) is 16.6 Å². The fourth-order valence-corrected chi connectivity index (χ4v) is 3.72. The Labute approximate surface area is 160 Å². The third kappa shape index (κ3) is 3.35. The molecule has 0 unspecified atom stereocenters. The van der Waals surface area contributed by atoms with Crippen molar-refractivity contribution >= 4 is 22.8 Å². The highest BCUT2D eigenvalue weighted by Gasteiger charge is 2.54. The molecule has 0 aliphatic carbocycles. The Morgan fingerprint density at radius 1 is 1.25 bits per heavy atom. The minimum atomic E-state index is -4.42. The summed E-state index contributed by atoms with van der Waals surface area (Å²) in [6.07, 6.45) is -6.99. The van der Waals surface area contributed by atoms with Crippen LogP contribution in [0.5, 0.6) is 11.5 Å². The van der Waals surface area contributed by atoms with Crippen LogP contribution < -0.4 is 9.47 Å². The van der Waals surface area contributed by atoms with E-state index >= 15 is 0 Å². The molecule has 0 saturated heterocycles. The number of alkyl halides is 4. The second-order valence-electron chi connectivity index (χ2n) is 5.97. The lowest BCUT2D eigenvalue weighted by molar-refractivity contribution is -0.461. The van der Waals surface area contributed by atoms with Gasteiger partial charge in [-0.1, -0.05) is 11.8 Å². The van der Waals surface area contributed by atoms with Crippen LogP contribution in [0.15, 0.2) is 29.6 Å². The highest BCUT2D eigenvalue weighted by atomic mass is 32.2. The van der Waals surface area contributed by atoms with E-state index in [1.165, 1.54) is 11.8 Å². The molecular formula is C17H13F4N3O3S. The van der Waals surface area contributed by atoms with Crippen LogP contribution in [0.3, 0.4) is 0 Å². The van der Waals surface area contributed by atoms with Crippen molar-refractivity contribution in [2.75, 3.05) is 7.11 Å². The number of ether oxygens (including phenoxy) is 3. The summed E-state index contributed by atoms with van der Waals surface area (Å²) in [6.45, 7) is 1.87. The van der Waals surface area contributed by atoms with E-state index < -0.39 is 23.7 Å². The van der Waals surface area contributed by atoms with Gasteiger partial charge in [-0.3, -0.25) is 4.98 Å². The number of hydrogen-bond donors (Lipinski definition) is 1. The van der Waals surface area contributed by atoms with Gasteiger partial charge in [0.25, 0.3) is 0 Å². The number of aromatic nitrogens is 3. The van der Waals surface area contributed by atoms with Crippen molar-refractivity contribution in [3.05, 3.63) is 41.2 Å². The molecule has 3 heterocycles. The fourth-order valence-electron chi connectivity index (χ4n) is 2.81. The summed E-state index contributed by atoms with van der Waals surface area (Å²) >= 11 is 1.28. The molecule has 0 saturated carbocycles. The molecule has 0 fully saturated rings. The fraction of sp³-hybridized carbons (Fsp3) is 0.294. The molecule has 1 aliphatic heterocycles. The molecule has 28 heavy (non-hydrogen) atoms. The number of nitrogens with one attached hydrogen (secondary N) is 1. The van der Waals surface area contributed by atoms with Crippen LogP contribution in [0.25, 0.3) is 11.0 Å². The molecule has 11 heteroatoms. The number of hydrogen-bond acceptors (Lipinski definition) is 6. The average molecular weight is 415 g/mol. The largest absolute Gasteiger partial charge is 0.540 e. The van der Waals surface area contributed by atoms with E-state index in [4.69, 9.17) is 4.74 Å². The topological polar surface area (TPSA) is 69.3 Å². The predicted molar refractivity (Wildman–Crippen MR) is 91.7 cm³/mol. The maximum atomic E-state index is 13.9. The molecule has 3 aromatic rings. The molecule has 0 bridgehead atoms. The maximum Gasteiger partial charge on any atom is 0.540 e. The van der Waals surface area contributed by atoms with E-state index in [9.17, 15) is 17.6 Å².